The van der Waals surface area contributed by atoms with Crippen LogP contribution in [-0.4, -0.2) is 64.5 Å². The molecule has 1 aliphatic rings. The van der Waals surface area contributed by atoms with Crippen LogP contribution < -0.4 is 10.6 Å². The number of piperazine rings is 1. The van der Waals surface area contributed by atoms with Gasteiger partial charge in [-0.1, -0.05) is 42.5 Å². The number of nitrogen functional groups attached to an aromatic ring is 1. The van der Waals surface area contributed by atoms with Gasteiger partial charge >= 0.3 is 0 Å². The zero-order valence-corrected chi connectivity index (χ0v) is 25.0. The first-order chi connectivity index (χ1) is 22.0. The van der Waals surface area contributed by atoms with Crippen LogP contribution in [0.25, 0.3) is 39.5 Å². The molecule has 5 heterocycles. The Labute approximate surface area is 260 Å². The molecular weight excluding hydrogens is 562 g/mol. The maximum Gasteiger partial charge on any atom is 0.236 e. The number of anilines is 2. The molecule has 6 aromatic rings. The molecule has 0 bridgehead atoms. The molecule has 0 saturated carbocycles. The molecule has 2 N–H and O–H groups in total. The molecule has 45 heavy (non-hydrogen) atoms. The third-order valence-corrected chi connectivity index (χ3v) is 8.14. The summed E-state index contributed by atoms with van der Waals surface area (Å²) in [5.41, 5.74) is 12.7. The summed E-state index contributed by atoms with van der Waals surface area (Å²) >= 11 is 0. The number of rotatable bonds is 6. The highest BCUT2D eigenvalue weighted by Gasteiger charge is 2.31. The topological polar surface area (TPSA) is 139 Å². The van der Waals surface area contributed by atoms with Gasteiger partial charge in [0.05, 0.1) is 11.3 Å². The summed E-state index contributed by atoms with van der Waals surface area (Å²) in [5, 5.41) is 9.23. The van der Waals surface area contributed by atoms with Crippen LogP contribution in [0.3, 0.4) is 0 Å². The number of aromatic nitrogens is 7. The normalized spacial score (nSPS) is 17.0. The molecule has 11 heteroatoms. The first-order valence-electron chi connectivity index (χ1n) is 14.8. The van der Waals surface area contributed by atoms with Gasteiger partial charge in [-0.15, -0.1) is 0 Å². The van der Waals surface area contributed by atoms with Gasteiger partial charge in [0.25, 0.3) is 0 Å². The van der Waals surface area contributed by atoms with Crippen LogP contribution in [0.4, 0.5) is 11.8 Å². The molecule has 2 aromatic carbocycles. The van der Waals surface area contributed by atoms with E-state index in [1.807, 2.05) is 48.5 Å². The van der Waals surface area contributed by atoms with Crippen LogP contribution >= 0.6 is 0 Å². The maximum absolute atomic E-state index is 9.23. The molecule has 0 radical (unpaired) electrons. The molecule has 11 nitrogen and oxygen atoms in total. The monoisotopic (exact) mass is 593 g/mol. The minimum absolute atomic E-state index is 0.133. The Kier molecular flexibility index (Phi) is 7.33. The predicted octanol–water partition coefficient (Wildman–Crippen LogP) is 4.89. The number of nitrogens with zero attached hydrogens (tertiary/aromatic N) is 10. The lowest BCUT2D eigenvalue weighted by molar-refractivity contribution is 0.191. The van der Waals surface area contributed by atoms with Crippen molar-refractivity contribution < 1.29 is 0 Å². The second kappa shape index (κ2) is 11.7. The van der Waals surface area contributed by atoms with Crippen LogP contribution in [-0.2, 0) is 6.54 Å². The van der Waals surface area contributed by atoms with Gasteiger partial charge in [-0.2, -0.15) is 10.2 Å². The van der Waals surface area contributed by atoms with E-state index >= 15 is 0 Å². The van der Waals surface area contributed by atoms with Crippen molar-refractivity contribution in [1.82, 2.24) is 39.4 Å². The minimum Gasteiger partial charge on any atom is -0.383 e. The smallest absolute Gasteiger partial charge is 0.236 e. The van der Waals surface area contributed by atoms with Crippen molar-refractivity contribution in [3.63, 3.8) is 0 Å². The zero-order chi connectivity index (χ0) is 30.9. The Hall–Kier alpha value is -5.73. The first-order valence-corrected chi connectivity index (χ1v) is 14.8. The highest BCUT2D eigenvalue weighted by molar-refractivity contribution is 5.84. The van der Waals surface area contributed by atoms with Crippen molar-refractivity contribution in [3.05, 3.63) is 103 Å². The van der Waals surface area contributed by atoms with E-state index in [1.54, 1.807) is 6.20 Å². The van der Waals surface area contributed by atoms with Crippen LogP contribution in [0.2, 0.25) is 0 Å². The summed E-state index contributed by atoms with van der Waals surface area (Å²) in [4.78, 5) is 31.6. The minimum atomic E-state index is 0.133. The van der Waals surface area contributed by atoms with Crippen LogP contribution in [0.5, 0.6) is 0 Å². The summed E-state index contributed by atoms with van der Waals surface area (Å²) < 4.78 is 2.06. The Bertz CT molecular complexity index is 2000. The van der Waals surface area contributed by atoms with Crippen molar-refractivity contribution in [2.24, 2.45) is 0 Å². The van der Waals surface area contributed by atoms with Gasteiger partial charge in [-0.3, -0.25) is 9.47 Å². The van der Waals surface area contributed by atoms with Crippen molar-refractivity contribution in [2.75, 3.05) is 23.7 Å². The summed E-state index contributed by atoms with van der Waals surface area (Å²) in [5.74, 6) is 1.79. The number of pyridine rings is 2. The highest BCUT2D eigenvalue weighted by Crippen LogP contribution is 2.32. The molecule has 0 amide bonds. The van der Waals surface area contributed by atoms with Crippen LogP contribution in [0.1, 0.15) is 25.2 Å². The fourth-order valence-corrected chi connectivity index (χ4v) is 6.19. The Morgan fingerprint density at radius 3 is 2.36 bits per heavy atom. The van der Waals surface area contributed by atoms with Gasteiger partial charge in [0, 0.05) is 49.2 Å². The van der Waals surface area contributed by atoms with Gasteiger partial charge in [-0.05, 0) is 55.8 Å². The average Bonchev–Trinajstić information content (AvgIpc) is 3.44. The molecule has 1 saturated heterocycles. The second-order valence-corrected chi connectivity index (χ2v) is 11.3. The Morgan fingerprint density at radius 1 is 0.844 bits per heavy atom. The number of nitrogens with two attached hydrogens (primary N) is 1. The van der Waals surface area contributed by atoms with E-state index in [4.69, 9.17) is 15.7 Å². The third-order valence-electron chi connectivity index (χ3n) is 8.14. The fourth-order valence-electron chi connectivity index (χ4n) is 6.19. The zero-order valence-electron chi connectivity index (χ0n) is 25.0. The molecular formula is C34H31N11. The molecule has 7 rings (SSSR count). The van der Waals surface area contributed by atoms with E-state index in [0.717, 1.165) is 53.3 Å². The van der Waals surface area contributed by atoms with Gasteiger partial charge in [0.2, 0.25) is 11.8 Å². The van der Waals surface area contributed by atoms with Crippen molar-refractivity contribution in [3.8, 4) is 34.4 Å². The van der Waals surface area contributed by atoms with Crippen molar-refractivity contribution in [2.45, 2.75) is 32.5 Å². The Balaban J connectivity index is 1.19. The molecule has 0 aliphatic carbocycles. The number of nitriles is 1. The maximum atomic E-state index is 9.23. The van der Waals surface area contributed by atoms with E-state index in [-0.39, 0.29) is 17.9 Å². The molecule has 1 fully saturated rings. The van der Waals surface area contributed by atoms with Crippen molar-refractivity contribution in [1.29, 1.82) is 5.26 Å². The standard InChI is InChI=1S/C34H31N11/c1-22-18-43(19-23(2)44(22)34-39-21-38-30(17-35)42-34)20-24-10-12-26(13-11-24)45-32(27-9-6-16-37-31(27)36)41-29-15-14-28(40-33(29)45)25-7-4-3-5-8-25/h3-16,21-23H,18-20H2,1-2H3,(H2,36,37)/t22-,23-/m1/s1. The number of benzene rings is 2. The van der Waals surface area contributed by atoms with Crippen molar-refractivity contribution >= 4 is 22.9 Å². The van der Waals surface area contributed by atoms with Gasteiger partial charge in [0.1, 0.15) is 23.7 Å². The van der Waals surface area contributed by atoms with Gasteiger partial charge in [-0.25, -0.2) is 24.9 Å². The molecule has 0 spiro atoms. The largest absolute Gasteiger partial charge is 0.383 e. The third kappa shape index (κ3) is 5.43. The van der Waals surface area contributed by atoms with Crippen LogP contribution in [0, 0.1) is 11.3 Å². The quantitative estimate of drug-likeness (QED) is 0.284. The number of hydrogen-bond donors (Lipinski definition) is 1. The fraction of sp³-hybridized carbons (Fsp3) is 0.206. The van der Waals surface area contributed by atoms with E-state index in [9.17, 15) is 5.26 Å². The lowest BCUT2D eigenvalue weighted by Crippen LogP contribution is -2.57. The molecule has 222 valence electrons. The summed E-state index contributed by atoms with van der Waals surface area (Å²) in [6.07, 6.45) is 3.09. The SMILES string of the molecule is C[C@@H]1CN(Cc2ccc(-n3c(-c4cccnc4N)nc4ccc(-c5ccccc5)nc43)cc2)C[C@@H](C)N1c1ncnc(C#N)n1. The number of hydrogen-bond acceptors (Lipinski definition) is 10. The molecule has 2 atom stereocenters. The average molecular weight is 594 g/mol. The van der Waals surface area contributed by atoms with E-state index in [2.05, 4.69) is 84.5 Å². The second-order valence-electron chi connectivity index (χ2n) is 11.3. The van der Waals surface area contributed by atoms with E-state index in [1.165, 1.54) is 11.9 Å². The van der Waals surface area contributed by atoms with Gasteiger partial charge < -0.3 is 10.6 Å². The predicted molar refractivity (Wildman–Crippen MR) is 173 cm³/mol. The molecule has 4 aromatic heterocycles. The summed E-state index contributed by atoms with van der Waals surface area (Å²) in [6, 6.07) is 28.8. The lowest BCUT2D eigenvalue weighted by atomic mass is 10.1. The molecule has 1 aliphatic heterocycles. The number of fused-ring (bicyclic) bond motifs is 1. The summed E-state index contributed by atoms with van der Waals surface area (Å²) in [7, 11) is 0. The van der Waals surface area contributed by atoms with E-state index < -0.39 is 0 Å². The van der Waals surface area contributed by atoms with E-state index in [0.29, 0.717) is 17.6 Å². The highest BCUT2D eigenvalue weighted by atomic mass is 15.4. The van der Waals surface area contributed by atoms with Crippen LogP contribution in [0.15, 0.2) is 91.4 Å². The Morgan fingerprint density at radius 2 is 1.62 bits per heavy atom. The first kappa shape index (κ1) is 28.1. The number of imidazole rings is 1. The summed E-state index contributed by atoms with van der Waals surface area (Å²) in [6.45, 7) is 6.79. The molecule has 0 unspecified atom stereocenters. The lowest BCUT2D eigenvalue weighted by Gasteiger charge is -2.44. The van der Waals surface area contributed by atoms with Gasteiger partial charge in [0.15, 0.2) is 11.5 Å².